The lowest BCUT2D eigenvalue weighted by molar-refractivity contribution is -0.132. The van der Waals surface area contributed by atoms with Gasteiger partial charge in [0.25, 0.3) is 5.91 Å². The zero-order valence-electron chi connectivity index (χ0n) is 19.4. The number of benzene rings is 1. The maximum atomic E-state index is 13.3. The molecule has 0 saturated carbocycles. The molecule has 0 atom stereocenters. The van der Waals surface area contributed by atoms with Crippen LogP contribution in [0.15, 0.2) is 36.5 Å². The Morgan fingerprint density at radius 3 is 2.68 bits per heavy atom. The molecule has 4 heterocycles. The van der Waals surface area contributed by atoms with Gasteiger partial charge in [-0.3, -0.25) is 9.59 Å². The van der Waals surface area contributed by atoms with Crippen LogP contribution in [0.3, 0.4) is 0 Å². The minimum Gasteiger partial charge on any atom is -0.436 e. The van der Waals surface area contributed by atoms with Gasteiger partial charge in [-0.05, 0) is 75.5 Å². The lowest BCUT2D eigenvalue weighted by Crippen LogP contribution is -2.48. The summed E-state index contributed by atoms with van der Waals surface area (Å²) in [6.07, 6.45) is 8.64. The van der Waals surface area contributed by atoms with E-state index in [1.165, 1.54) is 32.4 Å². The van der Waals surface area contributed by atoms with E-state index in [-0.39, 0.29) is 17.7 Å². The highest BCUT2D eigenvalue weighted by Gasteiger charge is 2.30. The Balaban J connectivity index is 1.20. The molecule has 0 N–H and O–H groups in total. The first-order valence-electron chi connectivity index (χ1n) is 12.4. The Kier molecular flexibility index (Phi) is 7.02. The number of fused-ring (bicyclic) bond motifs is 2. The topological polar surface area (TPSA) is 66.0 Å². The van der Waals surface area contributed by atoms with Gasteiger partial charge >= 0.3 is 0 Å². The van der Waals surface area contributed by atoms with Gasteiger partial charge in [0.05, 0.1) is 5.69 Å². The third-order valence-corrected chi connectivity index (χ3v) is 7.40. The van der Waals surface area contributed by atoms with Crippen molar-refractivity contribution in [3.8, 4) is 11.6 Å². The fourth-order valence-corrected chi connectivity index (χ4v) is 5.48. The molecule has 5 rings (SSSR count). The Morgan fingerprint density at radius 1 is 1.09 bits per heavy atom. The number of anilines is 1. The predicted molar refractivity (Wildman–Crippen MR) is 132 cm³/mol. The summed E-state index contributed by atoms with van der Waals surface area (Å²) < 4.78 is 5.93. The normalized spacial score (nSPS) is 19.3. The lowest BCUT2D eigenvalue weighted by atomic mass is 9.99. The number of pyridine rings is 1. The van der Waals surface area contributed by atoms with Crippen LogP contribution in [-0.2, 0) is 4.79 Å². The summed E-state index contributed by atoms with van der Waals surface area (Å²) in [5.41, 5.74) is 1.01. The van der Waals surface area contributed by atoms with Crippen LogP contribution in [0, 0.1) is 0 Å². The molecule has 1 aromatic carbocycles. The Bertz CT molecular complexity index is 1050. The number of nitrogens with zero attached hydrogens (tertiary/aromatic N) is 4. The number of carbonyl (C=O) groups excluding carboxylic acids is 2. The van der Waals surface area contributed by atoms with Crippen molar-refractivity contribution in [2.24, 2.45) is 0 Å². The quantitative estimate of drug-likeness (QED) is 0.615. The van der Waals surface area contributed by atoms with E-state index in [9.17, 15) is 9.59 Å². The van der Waals surface area contributed by atoms with Gasteiger partial charge in [-0.1, -0.05) is 18.0 Å². The van der Waals surface area contributed by atoms with Gasteiger partial charge in [-0.25, -0.2) is 4.98 Å². The molecule has 2 fully saturated rings. The Hall–Kier alpha value is -2.64. The second-order valence-corrected chi connectivity index (χ2v) is 9.78. The van der Waals surface area contributed by atoms with Crippen LogP contribution in [0.5, 0.6) is 11.6 Å². The number of hydrogen-bond acceptors (Lipinski definition) is 5. The summed E-state index contributed by atoms with van der Waals surface area (Å²) >= 11 is 6.23. The van der Waals surface area contributed by atoms with Gasteiger partial charge in [0.2, 0.25) is 11.8 Å². The summed E-state index contributed by atoms with van der Waals surface area (Å²) in [6, 6.07) is 9.26. The molecule has 0 aliphatic carbocycles. The van der Waals surface area contributed by atoms with Crippen molar-refractivity contribution < 1.29 is 14.3 Å². The molecule has 34 heavy (non-hydrogen) atoms. The first-order valence-corrected chi connectivity index (χ1v) is 12.7. The van der Waals surface area contributed by atoms with Gasteiger partial charge in [0.1, 0.15) is 5.56 Å². The highest BCUT2D eigenvalue weighted by Crippen LogP contribution is 2.39. The third kappa shape index (κ3) is 4.91. The van der Waals surface area contributed by atoms with Gasteiger partial charge in [-0.15, -0.1) is 0 Å². The summed E-state index contributed by atoms with van der Waals surface area (Å²) in [4.78, 5) is 36.8. The van der Waals surface area contributed by atoms with Crippen molar-refractivity contribution in [3.63, 3.8) is 0 Å². The van der Waals surface area contributed by atoms with E-state index in [1.54, 1.807) is 41.4 Å². The van der Waals surface area contributed by atoms with Crippen molar-refractivity contribution in [3.05, 3.63) is 47.1 Å². The highest BCUT2D eigenvalue weighted by molar-refractivity contribution is 6.31. The number of likely N-dealkylation sites (tertiary alicyclic amines) is 2. The first kappa shape index (κ1) is 23.1. The first-order chi connectivity index (χ1) is 16.6. The van der Waals surface area contributed by atoms with Crippen LogP contribution < -0.4 is 9.64 Å². The number of rotatable bonds is 5. The molecule has 0 radical (unpaired) electrons. The molecule has 2 aromatic rings. The minimum atomic E-state index is -0.195. The monoisotopic (exact) mass is 482 g/mol. The fraction of sp³-hybridized carbons (Fsp3) is 0.500. The van der Waals surface area contributed by atoms with Crippen LogP contribution >= 0.6 is 11.6 Å². The van der Waals surface area contributed by atoms with Crippen LogP contribution in [0.1, 0.15) is 55.3 Å². The second-order valence-electron chi connectivity index (χ2n) is 9.34. The number of carbonyl (C=O) groups is 2. The molecule has 180 valence electrons. The number of hydrogen-bond donors (Lipinski definition) is 0. The number of aromatic nitrogens is 1. The minimum absolute atomic E-state index is 0.170. The number of ether oxygens (including phenoxy) is 1. The van der Waals surface area contributed by atoms with Crippen molar-refractivity contribution in [2.45, 2.75) is 51.0 Å². The molecule has 2 amide bonds. The van der Waals surface area contributed by atoms with E-state index >= 15 is 0 Å². The summed E-state index contributed by atoms with van der Waals surface area (Å²) in [6.45, 7) is 4.47. The molecule has 8 heteroatoms. The zero-order chi connectivity index (χ0) is 23.5. The number of amides is 2. The molecule has 2 saturated heterocycles. The average molecular weight is 483 g/mol. The molecule has 0 spiro atoms. The highest BCUT2D eigenvalue weighted by atomic mass is 35.5. The van der Waals surface area contributed by atoms with Crippen LogP contribution in [0.2, 0.25) is 5.02 Å². The number of piperidine rings is 2. The van der Waals surface area contributed by atoms with E-state index in [0.29, 0.717) is 47.5 Å². The zero-order valence-corrected chi connectivity index (χ0v) is 20.2. The molecule has 3 aliphatic heterocycles. The van der Waals surface area contributed by atoms with E-state index < -0.39 is 0 Å². The van der Waals surface area contributed by atoms with Crippen LogP contribution in [-0.4, -0.2) is 65.4 Å². The largest absolute Gasteiger partial charge is 0.436 e. The van der Waals surface area contributed by atoms with Crippen LogP contribution in [0.25, 0.3) is 0 Å². The van der Waals surface area contributed by atoms with Crippen LogP contribution in [0.4, 0.5) is 5.69 Å². The lowest BCUT2D eigenvalue weighted by Gasteiger charge is -2.40. The van der Waals surface area contributed by atoms with Crippen molar-refractivity contribution >= 4 is 29.1 Å². The van der Waals surface area contributed by atoms with E-state index in [2.05, 4.69) is 9.88 Å². The Labute approximate surface area is 205 Å². The smallest absolute Gasteiger partial charge is 0.263 e. The average Bonchev–Trinajstić information content (AvgIpc) is 2.99. The molecule has 3 aliphatic rings. The Morgan fingerprint density at radius 2 is 1.88 bits per heavy atom. The van der Waals surface area contributed by atoms with E-state index in [0.717, 1.165) is 25.9 Å². The SMILES string of the molecule is O=C(CCCN1C(=O)c2cccnc2Oc2ccc(Cl)cc21)N1CCC(N2CCCCC2)CC1. The van der Waals surface area contributed by atoms with Gasteiger partial charge in [0.15, 0.2) is 5.75 Å². The van der Waals surface area contributed by atoms with Gasteiger partial charge in [0, 0.05) is 43.3 Å². The van der Waals surface area contributed by atoms with Gasteiger partial charge < -0.3 is 19.4 Å². The second kappa shape index (κ2) is 10.3. The maximum absolute atomic E-state index is 13.3. The third-order valence-electron chi connectivity index (χ3n) is 7.16. The summed E-state index contributed by atoms with van der Waals surface area (Å²) in [5, 5.41) is 0.520. The molecular weight excluding hydrogens is 452 g/mol. The van der Waals surface area contributed by atoms with Gasteiger partial charge in [-0.2, -0.15) is 0 Å². The molecule has 7 nitrogen and oxygen atoms in total. The molecule has 1 aromatic heterocycles. The van der Waals surface area contributed by atoms with Crippen molar-refractivity contribution in [1.82, 2.24) is 14.8 Å². The number of halogens is 1. The fourth-order valence-electron chi connectivity index (χ4n) is 5.31. The summed E-state index contributed by atoms with van der Waals surface area (Å²) in [7, 11) is 0. The van der Waals surface area contributed by atoms with E-state index in [1.807, 2.05) is 4.90 Å². The molecule has 0 bridgehead atoms. The summed E-state index contributed by atoms with van der Waals surface area (Å²) in [5.74, 6) is 0.787. The van der Waals surface area contributed by atoms with Crippen molar-refractivity contribution in [2.75, 3.05) is 37.6 Å². The molecule has 0 unspecified atom stereocenters. The molecular formula is C26H31ClN4O3. The maximum Gasteiger partial charge on any atom is 0.263 e. The van der Waals surface area contributed by atoms with E-state index in [4.69, 9.17) is 16.3 Å². The predicted octanol–water partition coefficient (Wildman–Crippen LogP) is 4.74. The van der Waals surface area contributed by atoms with Crippen molar-refractivity contribution in [1.29, 1.82) is 0 Å². The standard InChI is InChI=1S/C26H31ClN4O3/c27-19-8-9-23-22(18-19)31(26(33)21-6-4-12-28-25(21)34-23)15-5-7-24(32)30-16-10-20(11-17-30)29-13-2-1-3-14-29/h4,6,8-9,12,18,20H,1-3,5,7,10-11,13-17H2.